The summed E-state index contributed by atoms with van der Waals surface area (Å²) in [6, 6.07) is 14.0. The first kappa shape index (κ1) is 24.3. The van der Waals surface area contributed by atoms with Crippen LogP contribution in [0.1, 0.15) is 24.6 Å². The number of hydrogen-bond donors (Lipinski definition) is 1. The second-order valence-corrected chi connectivity index (χ2v) is 8.18. The van der Waals surface area contributed by atoms with Gasteiger partial charge in [0, 0.05) is 35.4 Å². The zero-order chi connectivity index (χ0) is 24.6. The molecule has 4 aromatic rings. The first-order valence-electron chi connectivity index (χ1n) is 11.7. The largest absolute Gasteiger partial charge is 0.494 e. The Morgan fingerprint density at radius 1 is 1.14 bits per heavy atom. The van der Waals surface area contributed by atoms with E-state index in [9.17, 15) is 9.18 Å². The van der Waals surface area contributed by atoms with Crippen LogP contribution in [0.25, 0.3) is 22.3 Å². The van der Waals surface area contributed by atoms with Crippen molar-refractivity contribution in [3.8, 4) is 17.1 Å². The summed E-state index contributed by atoms with van der Waals surface area (Å²) in [6.45, 7) is 6.31. The maximum absolute atomic E-state index is 13.2. The lowest BCUT2D eigenvalue weighted by atomic mass is 10.2. The molecule has 0 aliphatic rings. The zero-order valence-electron chi connectivity index (χ0n) is 20.0. The van der Waals surface area contributed by atoms with E-state index < -0.39 is 0 Å². The smallest absolute Gasteiger partial charge is 0.325 e. The number of rotatable bonds is 11. The topological polar surface area (TPSA) is 78.3 Å². The number of aromatic nitrogens is 3. The third-order valence-corrected chi connectivity index (χ3v) is 5.59. The van der Waals surface area contributed by atoms with Crippen molar-refractivity contribution >= 4 is 16.9 Å². The minimum atomic E-state index is -0.280. The highest BCUT2D eigenvalue weighted by atomic mass is 19.1. The molecule has 0 unspecified atom stereocenters. The third kappa shape index (κ3) is 6.42. The molecule has 4 rings (SSSR count). The minimum absolute atomic E-state index is 0.195. The fourth-order valence-corrected chi connectivity index (χ4v) is 3.74. The normalized spacial score (nSPS) is 11.1. The molecule has 0 radical (unpaired) electrons. The number of esters is 1. The van der Waals surface area contributed by atoms with E-state index in [0.29, 0.717) is 25.6 Å². The zero-order valence-corrected chi connectivity index (χ0v) is 20.0. The van der Waals surface area contributed by atoms with Gasteiger partial charge in [0.2, 0.25) is 0 Å². The number of carbonyl (C=O) groups is 1. The molecule has 0 aliphatic carbocycles. The summed E-state index contributed by atoms with van der Waals surface area (Å²) in [5.74, 6) is 0.850. The lowest BCUT2D eigenvalue weighted by molar-refractivity contribution is -0.143. The average molecular weight is 477 g/mol. The summed E-state index contributed by atoms with van der Waals surface area (Å²) in [7, 11) is 0. The summed E-state index contributed by atoms with van der Waals surface area (Å²) in [4.78, 5) is 20.8. The molecule has 0 bridgehead atoms. The molecule has 8 heteroatoms. The van der Waals surface area contributed by atoms with Gasteiger partial charge in [0.25, 0.3) is 0 Å². The van der Waals surface area contributed by atoms with Crippen LogP contribution in [-0.4, -0.2) is 40.3 Å². The van der Waals surface area contributed by atoms with Gasteiger partial charge < -0.3 is 19.4 Å². The van der Waals surface area contributed by atoms with Crippen molar-refractivity contribution in [2.75, 3.05) is 19.8 Å². The van der Waals surface area contributed by atoms with E-state index in [0.717, 1.165) is 46.4 Å². The van der Waals surface area contributed by atoms with Gasteiger partial charge in [-0.05, 0) is 80.9 Å². The van der Waals surface area contributed by atoms with Gasteiger partial charge in [0.1, 0.15) is 18.1 Å². The van der Waals surface area contributed by atoms with E-state index in [1.807, 2.05) is 42.0 Å². The molecule has 0 amide bonds. The number of nitrogens with one attached hydrogen (secondary N) is 1. The molecule has 182 valence electrons. The lowest BCUT2D eigenvalue weighted by Gasteiger charge is -2.10. The van der Waals surface area contributed by atoms with E-state index >= 15 is 0 Å². The molecule has 35 heavy (non-hydrogen) atoms. The number of ether oxygens (including phenoxy) is 2. The van der Waals surface area contributed by atoms with E-state index in [1.54, 1.807) is 25.3 Å². The first-order chi connectivity index (χ1) is 17.0. The third-order valence-electron chi connectivity index (χ3n) is 5.59. The molecular weight excluding hydrogens is 447 g/mol. The van der Waals surface area contributed by atoms with Crippen LogP contribution in [0.5, 0.6) is 5.75 Å². The Bertz CT molecular complexity index is 1290. The average Bonchev–Trinajstić information content (AvgIpc) is 3.24. The maximum atomic E-state index is 13.2. The summed E-state index contributed by atoms with van der Waals surface area (Å²) < 4.78 is 26.0. The van der Waals surface area contributed by atoms with E-state index in [-0.39, 0.29) is 18.3 Å². The molecule has 0 spiro atoms. The molecule has 2 heterocycles. The Kier molecular flexibility index (Phi) is 8.05. The summed E-state index contributed by atoms with van der Waals surface area (Å²) in [5.41, 5.74) is 3.67. The molecule has 0 saturated heterocycles. The van der Waals surface area contributed by atoms with E-state index in [4.69, 9.17) is 9.47 Å². The standard InChI is InChI=1S/C27H29FN4O3/c1-3-34-26(33)18-32-13-11-21-15-23(9-10-25(21)32)35-14-4-12-29-17-24-19(2)16-30-27(31-24)20-5-7-22(28)8-6-20/h5-11,13,15-16,29H,3-4,12,14,17-18H2,1-2H3. The molecule has 1 N–H and O–H groups in total. The number of fused-ring (bicyclic) bond motifs is 1. The summed E-state index contributed by atoms with van der Waals surface area (Å²) >= 11 is 0. The van der Waals surface area contributed by atoms with Crippen molar-refractivity contribution in [1.82, 2.24) is 19.9 Å². The highest BCUT2D eigenvalue weighted by Crippen LogP contribution is 2.22. The first-order valence-corrected chi connectivity index (χ1v) is 11.7. The Morgan fingerprint density at radius 2 is 1.97 bits per heavy atom. The molecule has 2 aromatic heterocycles. The summed E-state index contributed by atoms with van der Waals surface area (Å²) in [6.07, 6.45) is 4.50. The Morgan fingerprint density at radius 3 is 2.77 bits per heavy atom. The minimum Gasteiger partial charge on any atom is -0.494 e. The van der Waals surface area contributed by atoms with Gasteiger partial charge in [0.05, 0.1) is 18.9 Å². The number of benzene rings is 2. The quantitative estimate of drug-likeness (QED) is 0.250. The van der Waals surface area contributed by atoms with Crippen LogP contribution in [0, 0.1) is 12.7 Å². The van der Waals surface area contributed by atoms with Crippen molar-refractivity contribution in [2.24, 2.45) is 0 Å². The van der Waals surface area contributed by atoms with Gasteiger partial charge >= 0.3 is 5.97 Å². The van der Waals surface area contributed by atoms with Gasteiger partial charge in [-0.15, -0.1) is 0 Å². The second-order valence-electron chi connectivity index (χ2n) is 8.18. The van der Waals surface area contributed by atoms with Crippen LogP contribution in [0.2, 0.25) is 0 Å². The van der Waals surface area contributed by atoms with Gasteiger partial charge in [-0.2, -0.15) is 0 Å². The fourth-order valence-electron chi connectivity index (χ4n) is 3.74. The molecule has 0 aliphatic heterocycles. The maximum Gasteiger partial charge on any atom is 0.325 e. The van der Waals surface area contributed by atoms with Crippen LogP contribution in [0.4, 0.5) is 4.39 Å². The van der Waals surface area contributed by atoms with Crippen LogP contribution in [-0.2, 0) is 22.6 Å². The summed E-state index contributed by atoms with van der Waals surface area (Å²) in [5, 5.41) is 4.42. The Balaban J connectivity index is 1.24. The SMILES string of the molecule is CCOC(=O)Cn1ccc2cc(OCCCNCc3nc(-c4ccc(F)cc4)ncc3C)ccc21. The van der Waals surface area contributed by atoms with Crippen LogP contribution < -0.4 is 10.1 Å². The predicted octanol–water partition coefficient (Wildman–Crippen LogP) is 4.67. The van der Waals surface area contributed by atoms with Crippen LogP contribution in [0.3, 0.4) is 0 Å². The van der Waals surface area contributed by atoms with Crippen LogP contribution >= 0.6 is 0 Å². The van der Waals surface area contributed by atoms with Crippen LogP contribution in [0.15, 0.2) is 60.9 Å². The highest BCUT2D eigenvalue weighted by molar-refractivity contribution is 5.83. The lowest BCUT2D eigenvalue weighted by Crippen LogP contribution is -2.18. The monoisotopic (exact) mass is 476 g/mol. The van der Waals surface area contributed by atoms with Gasteiger partial charge in [-0.3, -0.25) is 4.79 Å². The predicted molar refractivity (Wildman–Crippen MR) is 133 cm³/mol. The van der Waals surface area contributed by atoms with Crippen molar-refractivity contribution in [2.45, 2.75) is 33.4 Å². The van der Waals surface area contributed by atoms with Crippen molar-refractivity contribution in [3.63, 3.8) is 0 Å². The van der Waals surface area contributed by atoms with Gasteiger partial charge in [-0.1, -0.05) is 0 Å². The molecule has 7 nitrogen and oxygen atoms in total. The highest BCUT2D eigenvalue weighted by Gasteiger charge is 2.09. The molecular formula is C27H29FN4O3. The fraction of sp³-hybridized carbons (Fsp3) is 0.296. The van der Waals surface area contributed by atoms with Gasteiger partial charge in [-0.25, -0.2) is 14.4 Å². The molecule has 0 atom stereocenters. The van der Waals surface area contributed by atoms with Crippen molar-refractivity contribution in [1.29, 1.82) is 0 Å². The Hall–Kier alpha value is -3.78. The second kappa shape index (κ2) is 11.6. The van der Waals surface area contributed by atoms with Crippen molar-refractivity contribution < 1.29 is 18.7 Å². The molecule has 2 aromatic carbocycles. The van der Waals surface area contributed by atoms with Gasteiger partial charge in [0.15, 0.2) is 5.82 Å². The Labute approximate surface area is 203 Å². The van der Waals surface area contributed by atoms with E-state index in [1.165, 1.54) is 12.1 Å². The number of carbonyl (C=O) groups excluding carboxylic acids is 1. The molecule has 0 saturated carbocycles. The number of hydrogen-bond acceptors (Lipinski definition) is 6. The number of nitrogens with zero attached hydrogens (tertiary/aromatic N) is 3. The van der Waals surface area contributed by atoms with E-state index in [2.05, 4.69) is 15.3 Å². The van der Waals surface area contributed by atoms with Crippen molar-refractivity contribution in [3.05, 3.63) is 78.0 Å². The molecule has 0 fully saturated rings. The number of aryl methyl sites for hydroxylation is 1. The number of halogens is 1.